The molecule has 0 unspecified atom stereocenters. The molecular formula is C8H10N4O2S2. The lowest BCUT2D eigenvalue weighted by atomic mass is 10.5. The summed E-state index contributed by atoms with van der Waals surface area (Å²) >= 11 is 4.97. The molecule has 86 valence electrons. The zero-order valence-electron chi connectivity index (χ0n) is 8.71. The Morgan fingerprint density at radius 2 is 2.12 bits per heavy atom. The Balaban J connectivity index is 2.73. The quantitative estimate of drug-likeness (QED) is 0.803. The van der Waals surface area contributed by atoms with Crippen molar-refractivity contribution in [2.24, 2.45) is 0 Å². The SMILES string of the molecule is CN(C)S(=O)(=O)c1ccc2n[nH]c(=S)n2c1. The van der Waals surface area contributed by atoms with Gasteiger partial charge in [-0.15, -0.1) is 0 Å². The Morgan fingerprint density at radius 1 is 1.44 bits per heavy atom. The van der Waals surface area contributed by atoms with Gasteiger partial charge < -0.3 is 0 Å². The minimum Gasteiger partial charge on any atom is -0.274 e. The van der Waals surface area contributed by atoms with Gasteiger partial charge >= 0.3 is 0 Å². The van der Waals surface area contributed by atoms with Gasteiger partial charge in [0.05, 0.1) is 4.90 Å². The molecule has 0 bridgehead atoms. The van der Waals surface area contributed by atoms with Gasteiger partial charge in [-0.1, -0.05) is 0 Å². The summed E-state index contributed by atoms with van der Waals surface area (Å²) in [6.45, 7) is 0. The summed E-state index contributed by atoms with van der Waals surface area (Å²) in [6, 6.07) is 3.10. The zero-order chi connectivity index (χ0) is 11.9. The number of pyridine rings is 1. The number of H-pyrrole nitrogens is 1. The minimum absolute atomic E-state index is 0.183. The fourth-order valence-electron chi connectivity index (χ4n) is 1.25. The Bertz CT molecular complexity index is 683. The first-order chi connectivity index (χ1) is 7.43. The van der Waals surface area contributed by atoms with Gasteiger partial charge in [0.2, 0.25) is 10.0 Å². The summed E-state index contributed by atoms with van der Waals surface area (Å²) in [5, 5.41) is 6.52. The van der Waals surface area contributed by atoms with Gasteiger partial charge in [0.25, 0.3) is 0 Å². The first-order valence-corrected chi connectivity index (χ1v) is 6.27. The van der Waals surface area contributed by atoms with Crippen molar-refractivity contribution in [1.82, 2.24) is 18.9 Å². The largest absolute Gasteiger partial charge is 0.274 e. The summed E-state index contributed by atoms with van der Waals surface area (Å²) < 4.78 is 26.8. The lowest BCUT2D eigenvalue weighted by Gasteiger charge is -2.10. The number of aromatic nitrogens is 3. The topological polar surface area (TPSA) is 70.5 Å². The molecule has 2 aromatic rings. The van der Waals surface area contributed by atoms with Crippen LogP contribution in [0.5, 0.6) is 0 Å². The highest BCUT2D eigenvalue weighted by Crippen LogP contribution is 2.13. The Kier molecular flexibility index (Phi) is 2.56. The number of hydrogen-bond donors (Lipinski definition) is 1. The third-order valence-electron chi connectivity index (χ3n) is 2.16. The van der Waals surface area contributed by atoms with Gasteiger partial charge in [0.1, 0.15) is 0 Å². The van der Waals surface area contributed by atoms with Crippen molar-refractivity contribution in [3.8, 4) is 0 Å². The lowest BCUT2D eigenvalue weighted by molar-refractivity contribution is 0.520. The molecule has 2 heterocycles. The van der Waals surface area contributed by atoms with Crippen molar-refractivity contribution >= 4 is 27.9 Å². The van der Waals surface area contributed by atoms with Crippen LogP contribution in [-0.4, -0.2) is 41.4 Å². The maximum Gasteiger partial charge on any atom is 0.244 e. The van der Waals surface area contributed by atoms with Crippen molar-refractivity contribution < 1.29 is 8.42 Å². The summed E-state index contributed by atoms with van der Waals surface area (Å²) in [7, 11) is -0.478. The average molecular weight is 258 g/mol. The van der Waals surface area contributed by atoms with Crippen molar-refractivity contribution in [2.45, 2.75) is 4.90 Å². The van der Waals surface area contributed by atoms with Crippen LogP contribution in [0.4, 0.5) is 0 Å². The predicted molar refractivity (Wildman–Crippen MR) is 61.2 cm³/mol. The molecule has 6 nitrogen and oxygen atoms in total. The van der Waals surface area contributed by atoms with Gasteiger partial charge in [-0.25, -0.2) is 12.7 Å². The number of hydrogen-bond acceptors (Lipinski definition) is 4. The zero-order valence-corrected chi connectivity index (χ0v) is 10.3. The molecule has 2 aromatic heterocycles. The molecule has 1 N–H and O–H groups in total. The van der Waals surface area contributed by atoms with Gasteiger partial charge in [-0.3, -0.25) is 9.50 Å². The molecule has 2 rings (SSSR count). The molecule has 0 aromatic carbocycles. The third kappa shape index (κ3) is 1.64. The maximum atomic E-state index is 11.9. The van der Waals surface area contributed by atoms with E-state index in [4.69, 9.17) is 12.2 Å². The number of nitrogens with one attached hydrogen (secondary N) is 1. The van der Waals surface area contributed by atoms with Gasteiger partial charge in [0, 0.05) is 20.3 Å². The van der Waals surface area contributed by atoms with E-state index in [-0.39, 0.29) is 4.90 Å². The molecule has 0 amide bonds. The predicted octanol–water partition coefficient (Wildman–Crippen LogP) is 0.642. The second-order valence-corrected chi connectivity index (χ2v) is 5.95. The summed E-state index contributed by atoms with van der Waals surface area (Å²) in [6.07, 6.45) is 1.45. The summed E-state index contributed by atoms with van der Waals surface area (Å²) in [4.78, 5) is 0.183. The van der Waals surface area contributed by atoms with Crippen molar-refractivity contribution in [1.29, 1.82) is 0 Å². The van der Waals surface area contributed by atoms with Crippen molar-refractivity contribution in [3.63, 3.8) is 0 Å². The van der Waals surface area contributed by atoms with Gasteiger partial charge in [-0.2, -0.15) is 5.10 Å². The van der Waals surface area contributed by atoms with Crippen LogP contribution in [0.25, 0.3) is 5.65 Å². The van der Waals surface area contributed by atoms with Crippen LogP contribution < -0.4 is 0 Å². The molecule has 0 fully saturated rings. The smallest absolute Gasteiger partial charge is 0.244 e. The fraction of sp³-hybridized carbons (Fsp3) is 0.250. The number of sulfonamides is 1. The molecule has 0 aliphatic heterocycles. The molecule has 0 aliphatic carbocycles. The monoisotopic (exact) mass is 258 g/mol. The van der Waals surface area contributed by atoms with Crippen molar-refractivity contribution in [2.75, 3.05) is 14.1 Å². The molecule has 16 heavy (non-hydrogen) atoms. The highest BCUT2D eigenvalue weighted by molar-refractivity contribution is 7.89. The standard InChI is InChI=1S/C8H10N4O2S2/c1-11(2)16(13,14)6-3-4-7-9-10-8(15)12(7)5-6/h3-5H,1-2H3,(H,10,15). The van der Waals surface area contributed by atoms with Crippen LogP contribution in [0.15, 0.2) is 23.2 Å². The minimum atomic E-state index is -3.44. The highest BCUT2D eigenvalue weighted by atomic mass is 32.2. The molecule has 8 heteroatoms. The third-order valence-corrected chi connectivity index (χ3v) is 4.25. The van der Waals surface area contributed by atoms with Crippen LogP contribution in [-0.2, 0) is 10.0 Å². The molecule has 0 saturated heterocycles. The second kappa shape index (κ2) is 3.65. The van der Waals surface area contributed by atoms with E-state index in [1.807, 2.05) is 0 Å². The highest BCUT2D eigenvalue weighted by Gasteiger charge is 2.17. The molecule has 0 spiro atoms. The number of rotatable bonds is 2. The van der Waals surface area contributed by atoms with E-state index in [1.165, 1.54) is 30.8 Å². The lowest BCUT2D eigenvalue weighted by Crippen LogP contribution is -2.22. The van der Waals surface area contributed by atoms with Crippen LogP contribution in [0, 0.1) is 4.77 Å². The molecule has 0 aliphatic rings. The summed E-state index contributed by atoms with van der Waals surface area (Å²) in [5.41, 5.74) is 0.586. The van der Waals surface area contributed by atoms with E-state index in [0.717, 1.165) is 4.31 Å². The number of aromatic amines is 1. The first kappa shape index (κ1) is 11.2. The number of nitrogens with zero attached hydrogens (tertiary/aromatic N) is 3. The van der Waals surface area contributed by atoms with Gasteiger partial charge in [-0.05, 0) is 24.4 Å². The van der Waals surface area contributed by atoms with E-state index in [1.54, 1.807) is 6.07 Å². The Labute approximate surface area is 97.6 Å². The fourth-order valence-corrected chi connectivity index (χ4v) is 2.34. The van der Waals surface area contributed by atoms with E-state index in [9.17, 15) is 8.42 Å². The molecule has 0 atom stereocenters. The van der Waals surface area contributed by atoms with E-state index >= 15 is 0 Å². The van der Waals surface area contributed by atoms with E-state index in [2.05, 4.69) is 10.2 Å². The second-order valence-electron chi connectivity index (χ2n) is 3.41. The Morgan fingerprint density at radius 3 is 2.75 bits per heavy atom. The summed E-state index contributed by atoms with van der Waals surface area (Å²) in [5.74, 6) is 0. The maximum absolute atomic E-state index is 11.9. The van der Waals surface area contributed by atoms with Crippen LogP contribution in [0.3, 0.4) is 0 Å². The van der Waals surface area contributed by atoms with Crippen LogP contribution in [0.2, 0.25) is 0 Å². The molecule has 0 radical (unpaired) electrons. The average Bonchev–Trinajstić information content (AvgIpc) is 2.60. The molecular weight excluding hydrogens is 248 g/mol. The normalized spacial score (nSPS) is 12.4. The van der Waals surface area contributed by atoms with E-state index in [0.29, 0.717) is 10.4 Å². The molecule has 0 saturated carbocycles. The van der Waals surface area contributed by atoms with E-state index < -0.39 is 10.0 Å². The van der Waals surface area contributed by atoms with Crippen molar-refractivity contribution in [3.05, 3.63) is 23.1 Å². The Hall–Kier alpha value is -1.25. The van der Waals surface area contributed by atoms with Gasteiger partial charge in [0.15, 0.2) is 10.4 Å². The number of fused-ring (bicyclic) bond motifs is 1. The van der Waals surface area contributed by atoms with Crippen LogP contribution >= 0.6 is 12.2 Å². The van der Waals surface area contributed by atoms with Crippen LogP contribution in [0.1, 0.15) is 0 Å². The first-order valence-electron chi connectivity index (χ1n) is 4.42.